The van der Waals surface area contributed by atoms with E-state index >= 15 is 0 Å². The van der Waals surface area contributed by atoms with Crippen molar-refractivity contribution in [1.29, 1.82) is 0 Å². The minimum atomic E-state index is -0.605. The minimum absolute atomic E-state index is 0.139. The number of carbonyl (C=O) groups is 7. The highest BCUT2D eigenvalue weighted by molar-refractivity contribution is 7.10. The predicted molar refractivity (Wildman–Crippen MR) is 445 cm³/mol. The summed E-state index contributed by atoms with van der Waals surface area (Å²) in [5.74, 6) is -1.63. The fourth-order valence-electron chi connectivity index (χ4n) is 15.3. The molecule has 25 heteroatoms. The molecule has 1 N–H and O–H groups in total. The van der Waals surface area contributed by atoms with E-state index in [9.17, 15) is 33.6 Å². The lowest BCUT2D eigenvalue weighted by atomic mass is 9.93. The summed E-state index contributed by atoms with van der Waals surface area (Å²) >= 11 is 1.53. The van der Waals surface area contributed by atoms with E-state index in [0.29, 0.717) is 116 Å². The smallest absolute Gasteiger partial charge is 0.329 e. The molecule has 6 aliphatic heterocycles. The monoisotopic (exact) mass is 1580 g/mol. The minimum Gasteiger partial charge on any atom is -0.464 e. The average Bonchev–Trinajstić information content (AvgIpc) is 1.82. The number of amides is 2. The van der Waals surface area contributed by atoms with Crippen molar-refractivity contribution in [2.24, 2.45) is 19.1 Å². The van der Waals surface area contributed by atoms with E-state index in [1.165, 1.54) is 44.7 Å². The lowest BCUT2D eigenvalue weighted by molar-refractivity contribution is -0.154. The first-order valence-electron chi connectivity index (χ1n) is 39.1. The van der Waals surface area contributed by atoms with Gasteiger partial charge in [0.25, 0.3) is 11.8 Å². The lowest BCUT2D eigenvalue weighted by Gasteiger charge is -2.37. The number of ether oxygens (including phenoxy) is 5. The number of hydrogen-bond donors (Lipinski definition) is 1. The molecule has 0 aliphatic carbocycles. The molecule has 0 saturated heterocycles. The largest absolute Gasteiger partial charge is 0.464 e. The predicted octanol–water partition coefficient (Wildman–Crippen LogP) is 13.0. The van der Waals surface area contributed by atoms with Crippen LogP contribution in [0.2, 0.25) is 0 Å². The number of carbonyl (C=O) groups excluding carboxylic acids is 7. The molecule has 6 aromatic carbocycles. The third-order valence-corrected chi connectivity index (χ3v) is 22.0. The summed E-state index contributed by atoms with van der Waals surface area (Å²) in [7, 11) is 3.79. The number of thiazole rings is 1. The number of aryl methyl sites for hydroxylation is 2. The van der Waals surface area contributed by atoms with Crippen molar-refractivity contribution in [3.05, 3.63) is 297 Å². The van der Waals surface area contributed by atoms with Gasteiger partial charge in [-0.05, 0) is 102 Å². The highest BCUT2D eigenvalue weighted by atomic mass is 32.1. The van der Waals surface area contributed by atoms with Crippen LogP contribution in [0.1, 0.15) is 123 Å². The molecule has 5 atom stereocenters. The molecule has 16 rings (SSSR count). The molecule has 600 valence electrons. The van der Waals surface area contributed by atoms with Gasteiger partial charge in [0.2, 0.25) is 0 Å². The topological polar surface area (TPSA) is 259 Å². The van der Waals surface area contributed by atoms with Crippen LogP contribution in [-0.2, 0) is 131 Å². The summed E-state index contributed by atoms with van der Waals surface area (Å²) in [4.78, 5) is 106. The number of H-pyrrole nitrogens is 1. The zero-order valence-electron chi connectivity index (χ0n) is 66.6. The first-order valence-corrected chi connectivity index (χ1v) is 40.0. The van der Waals surface area contributed by atoms with Gasteiger partial charge in [0.15, 0.2) is 0 Å². The van der Waals surface area contributed by atoms with Crippen molar-refractivity contribution >= 4 is 86.7 Å². The SMILES string of the molecule is C=C(c1ccn(C)n1)N1Cc2ccccc2CC1C(=O)OCC.C=C(c1cn[nH]c1)N1Cc2ccccc2CC1C(=O)OCC.C=C(c1nccs1)N1Cc2ccccc2CC1C(=O)OCC.CCOC(=O)C1Cc2ccccc2CN1C(=O)C1=NC=CC1.CCOC(=O)C1Cc2ccccc2CN1C(=O)c1cn(C)c2ccccc12. The van der Waals surface area contributed by atoms with Crippen molar-refractivity contribution in [1.82, 2.24) is 54.0 Å². The Morgan fingerprint density at radius 3 is 1.22 bits per heavy atom. The molecular formula is C91H98N12O12S. The van der Waals surface area contributed by atoms with E-state index < -0.39 is 12.1 Å². The van der Waals surface area contributed by atoms with Gasteiger partial charge in [0.1, 0.15) is 46.6 Å². The van der Waals surface area contributed by atoms with Crippen molar-refractivity contribution in [3.63, 3.8) is 0 Å². The number of aromatic nitrogens is 6. The molecule has 0 saturated carbocycles. The number of para-hydroxylation sites is 1. The van der Waals surface area contributed by atoms with Crippen molar-refractivity contribution in [2.45, 2.75) is 136 Å². The van der Waals surface area contributed by atoms with Crippen molar-refractivity contribution < 1.29 is 57.2 Å². The maximum atomic E-state index is 13.5. The van der Waals surface area contributed by atoms with Crippen molar-refractivity contribution in [3.8, 4) is 0 Å². The standard InChI is InChI=1S/C22H22N2O3.C18H21N3O2.C17H19N3O2.C17H18N2O3.C17H18N2O2S/c1-3-27-22(26)20-12-15-8-4-5-9-16(15)13-24(20)21(25)18-14-23(2)19-11-7-6-10-17(18)19;1-4-23-18(22)17-11-14-7-5-6-8-15(14)12-21(17)13(2)16-9-10-20(3)19-16;1-3-22-17(21)16-8-13-6-4-5-7-14(13)11-20(16)12(2)15-9-18-19-10-15;1-2-22-17(21)15-10-12-6-3-4-7-13(12)11-19(15)16(20)14-8-5-9-18-14;1-3-21-17(20)15-10-13-6-4-5-7-14(13)11-19(15)12(2)16-18-8-9-22-16/h4-11,14,20H,3,12-13H2,1-2H3;5-10,17H,2,4,11-12H2,1,3H3;4-7,9-10,16H,2-3,8,11H2,1H3,(H,18,19);3-7,9,15H,2,8,10-11H2,1H3;4-9,15H,2-3,10-11H2,1H3. The number of fused-ring (bicyclic) bond motifs is 6. The Kier molecular flexibility index (Phi) is 27.7. The average molecular weight is 1580 g/mol. The van der Waals surface area contributed by atoms with Crippen LogP contribution in [-0.4, -0.2) is 165 Å². The first kappa shape index (κ1) is 82.7. The maximum Gasteiger partial charge on any atom is 0.329 e. The van der Waals surface area contributed by atoms with E-state index in [4.69, 9.17) is 23.7 Å². The number of nitrogens with one attached hydrogen (secondary N) is 1. The van der Waals surface area contributed by atoms with Crippen LogP contribution in [0.3, 0.4) is 0 Å². The van der Waals surface area contributed by atoms with Gasteiger partial charge in [-0.3, -0.25) is 24.4 Å². The molecule has 116 heavy (non-hydrogen) atoms. The Bertz CT molecular complexity index is 5160. The van der Waals surface area contributed by atoms with Crippen molar-refractivity contribution in [2.75, 3.05) is 33.0 Å². The Balaban J connectivity index is 0.000000134. The second-order valence-corrected chi connectivity index (χ2v) is 29.2. The molecule has 5 unspecified atom stereocenters. The van der Waals surface area contributed by atoms with E-state index in [1.54, 1.807) is 53.1 Å². The highest BCUT2D eigenvalue weighted by Gasteiger charge is 2.41. The molecule has 24 nitrogen and oxygen atoms in total. The summed E-state index contributed by atoms with van der Waals surface area (Å²) < 4.78 is 29.9. The van der Waals surface area contributed by atoms with Gasteiger partial charge in [-0.25, -0.2) is 29.0 Å². The second-order valence-electron chi connectivity index (χ2n) is 28.3. The van der Waals surface area contributed by atoms with Gasteiger partial charge >= 0.3 is 29.8 Å². The molecule has 2 amide bonds. The lowest BCUT2D eigenvalue weighted by Crippen LogP contribution is -2.51. The van der Waals surface area contributed by atoms with Gasteiger partial charge in [-0.2, -0.15) is 10.2 Å². The van der Waals surface area contributed by atoms with E-state index in [-0.39, 0.29) is 59.8 Å². The van der Waals surface area contributed by atoms with Gasteiger partial charge in [-0.1, -0.05) is 165 Å². The molecule has 0 fully saturated rings. The molecule has 10 aromatic rings. The molecule has 10 heterocycles. The van der Waals surface area contributed by atoms with Gasteiger partial charge < -0.3 is 52.8 Å². The normalized spacial score (nSPS) is 17.2. The highest BCUT2D eigenvalue weighted by Crippen LogP contribution is 2.36. The van der Waals surface area contributed by atoms with Crippen LogP contribution in [0.5, 0.6) is 0 Å². The molecular weight excluding hydrogens is 1490 g/mol. The number of benzene rings is 6. The third kappa shape index (κ3) is 19.2. The zero-order chi connectivity index (χ0) is 81.9. The van der Waals surface area contributed by atoms with Crippen LogP contribution >= 0.6 is 11.3 Å². The molecule has 0 radical (unpaired) electrons. The van der Waals surface area contributed by atoms with Crippen LogP contribution in [0, 0.1) is 0 Å². The summed E-state index contributed by atoms with van der Waals surface area (Å²) in [6, 6.07) is 47.9. The van der Waals surface area contributed by atoms with Gasteiger partial charge in [-0.15, -0.1) is 11.3 Å². The molecule has 0 spiro atoms. The quantitative estimate of drug-likeness (QED) is 0.0618. The van der Waals surface area contributed by atoms with Gasteiger partial charge in [0.05, 0.1) is 56.2 Å². The number of aromatic amines is 1. The van der Waals surface area contributed by atoms with Crippen LogP contribution < -0.4 is 0 Å². The van der Waals surface area contributed by atoms with E-state index in [1.807, 2.05) is 193 Å². The summed E-state index contributed by atoms with van der Waals surface area (Å²) in [5.41, 5.74) is 17.6. The van der Waals surface area contributed by atoms with Crippen LogP contribution in [0.4, 0.5) is 0 Å². The fourth-order valence-corrected chi connectivity index (χ4v) is 15.9. The third-order valence-electron chi connectivity index (χ3n) is 21.1. The summed E-state index contributed by atoms with van der Waals surface area (Å²) in [6.45, 7) is 26.0. The number of hydrogen-bond acceptors (Lipinski definition) is 20. The zero-order valence-corrected chi connectivity index (χ0v) is 67.4. The van der Waals surface area contributed by atoms with Crippen LogP contribution in [0.15, 0.2) is 225 Å². The number of nitrogens with zero attached hydrogens (tertiary/aromatic N) is 11. The number of allylic oxidation sites excluding steroid dienone is 1. The van der Waals surface area contributed by atoms with E-state index in [2.05, 4.69) is 81.4 Å². The first-order chi connectivity index (χ1) is 56.3. The molecule has 4 aromatic heterocycles. The fraction of sp³-hybridized carbons (Fsp3) is 0.308. The van der Waals surface area contributed by atoms with Gasteiger partial charge in [0, 0.05) is 144 Å². The Labute approximate surface area is 680 Å². The molecule has 0 bridgehead atoms. The summed E-state index contributed by atoms with van der Waals surface area (Å²) in [5, 5.41) is 14.8. The Morgan fingerprint density at radius 1 is 0.466 bits per heavy atom. The maximum absolute atomic E-state index is 13.5. The number of aliphatic imine (C=N–C) groups is 1. The number of esters is 5. The second kappa shape index (κ2) is 38.8. The molecule has 6 aliphatic rings. The Morgan fingerprint density at radius 2 is 0.845 bits per heavy atom. The summed E-state index contributed by atoms with van der Waals surface area (Å²) in [6.07, 6.45) is 15.8. The van der Waals surface area contributed by atoms with Crippen LogP contribution in [0.25, 0.3) is 28.0 Å². The van der Waals surface area contributed by atoms with E-state index in [0.717, 1.165) is 66.5 Å². The number of rotatable bonds is 18. The Hall–Kier alpha value is -12.8.